The van der Waals surface area contributed by atoms with Crippen LogP contribution < -0.4 is 9.64 Å². The molecule has 4 heterocycles. The van der Waals surface area contributed by atoms with Gasteiger partial charge < -0.3 is 19.1 Å². The van der Waals surface area contributed by atoms with Crippen LogP contribution in [-0.2, 0) is 27.1 Å². The minimum atomic E-state index is 0.170. The number of hydrogen-bond acceptors (Lipinski definition) is 9. The summed E-state index contributed by atoms with van der Waals surface area (Å²) in [5.41, 5.74) is 5.38. The number of ketones is 1. The Kier molecular flexibility index (Phi) is 9.03. The van der Waals surface area contributed by atoms with Crippen LogP contribution in [0.25, 0.3) is 22.4 Å². The van der Waals surface area contributed by atoms with Gasteiger partial charge in [0.2, 0.25) is 0 Å². The first-order chi connectivity index (χ1) is 20.6. The summed E-state index contributed by atoms with van der Waals surface area (Å²) in [5, 5.41) is 7.52. The number of aryl methyl sites for hydroxylation is 1. The van der Waals surface area contributed by atoms with Gasteiger partial charge in [0.1, 0.15) is 17.0 Å². The molecule has 0 saturated carbocycles. The van der Waals surface area contributed by atoms with Crippen LogP contribution in [-0.4, -0.2) is 96.6 Å². The van der Waals surface area contributed by atoms with E-state index in [1.807, 2.05) is 55.5 Å². The van der Waals surface area contributed by atoms with Gasteiger partial charge in [0, 0.05) is 51.1 Å². The fourth-order valence-electron chi connectivity index (χ4n) is 5.42. The Morgan fingerprint density at radius 3 is 2.19 bits per heavy atom. The number of Topliss-reactive ketones (excluding diaryl/α,β-unsaturated/α-hetero) is 1. The molecule has 0 amide bonds. The van der Waals surface area contributed by atoms with E-state index in [-0.39, 0.29) is 5.78 Å². The van der Waals surface area contributed by atoms with E-state index >= 15 is 0 Å². The number of rotatable bonds is 11. The molecule has 10 heteroatoms. The van der Waals surface area contributed by atoms with Crippen LogP contribution in [0.4, 0.5) is 5.82 Å². The van der Waals surface area contributed by atoms with Gasteiger partial charge in [0.25, 0.3) is 0 Å². The van der Waals surface area contributed by atoms with Gasteiger partial charge in [0.15, 0.2) is 17.2 Å². The molecule has 0 unspecified atom stereocenters. The third-order valence-electron chi connectivity index (χ3n) is 7.80. The second-order valence-corrected chi connectivity index (χ2v) is 10.9. The molecule has 2 aromatic heterocycles. The number of morpholine rings is 2. The molecule has 0 bridgehead atoms. The second-order valence-electron chi connectivity index (χ2n) is 10.9. The van der Waals surface area contributed by atoms with Gasteiger partial charge in [-0.1, -0.05) is 36.4 Å². The van der Waals surface area contributed by atoms with E-state index in [2.05, 4.69) is 20.0 Å². The fourth-order valence-corrected chi connectivity index (χ4v) is 5.42. The number of H-pyrrole nitrogens is 1. The van der Waals surface area contributed by atoms with E-state index in [9.17, 15) is 4.79 Å². The van der Waals surface area contributed by atoms with E-state index in [0.717, 1.165) is 97.3 Å². The average molecular weight is 571 g/mol. The molecular formula is C32H38N6O4. The van der Waals surface area contributed by atoms with Gasteiger partial charge in [0.05, 0.1) is 38.7 Å². The molecule has 220 valence electrons. The maximum absolute atomic E-state index is 12.9. The van der Waals surface area contributed by atoms with Crippen LogP contribution in [0.5, 0.6) is 5.75 Å². The van der Waals surface area contributed by atoms with Crippen LogP contribution >= 0.6 is 0 Å². The van der Waals surface area contributed by atoms with Gasteiger partial charge in [-0.15, -0.1) is 0 Å². The molecule has 2 fully saturated rings. The number of hydrogen-bond donors (Lipinski definition) is 1. The largest absolute Gasteiger partial charge is 0.494 e. The number of aromatic amines is 1. The Balaban J connectivity index is 1.03. The minimum Gasteiger partial charge on any atom is -0.494 e. The van der Waals surface area contributed by atoms with E-state index in [1.54, 1.807) is 0 Å². The van der Waals surface area contributed by atoms with Crippen LogP contribution in [0.2, 0.25) is 0 Å². The van der Waals surface area contributed by atoms with Crippen molar-refractivity contribution >= 4 is 22.6 Å². The molecule has 2 saturated heterocycles. The number of benzene rings is 2. The summed E-state index contributed by atoms with van der Waals surface area (Å²) in [7, 11) is 0. The monoisotopic (exact) mass is 570 g/mol. The number of nitrogens with one attached hydrogen (secondary N) is 1. The number of nitrogens with zero attached hydrogens (tertiary/aromatic N) is 5. The van der Waals surface area contributed by atoms with Crippen LogP contribution in [0.15, 0.2) is 48.5 Å². The van der Waals surface area contributed by atoms with E-state index in [4.69, 9.17) is 24.2 Å². The molecule has 0 atom stereocenters. The van der Waals surface area contributed by atoms with Gasteiger partial charge in [-0.25, -0.2) is 9.97 Å². The Labute approximate surface area is 246 Å². The molecule has 42 heavy (non-hydrogen) atoms. The summed E-state index contributed by atoms with van der Waals surface area (Å²) in [6.45, 7) is 10.2. The maximum Gasteiger partial charge on any atom is 0.162 e. The standard InChI is InChI=1S/C32H38N6O4/c1-23-29-30(36-35-23)32(38-14-19-41-20-15-38)34-31(33-29)26-7-3-24(4-8-26)21-27(39)22-25-5-9-28(10-6-25)42-16-2-11-37-12-17-40-18-13-37/h3-10H,2,11-22H2,1H3,(H,35,36). The molecule has 0 radical (unpaired) electrons. The summed E-state index contributed by atoms with van der Waals surface area (Å²) in [5.74, 6) is 2.48. The lowest BCUT2D eigenvalue weighted by Gasteiger charge is -2.28. The lowest BCUT2D eigenvalue weighted by Crippen LogP contribution is -2.37. The molecule has 2 aromatic carbocycles. The lowest BCUT2D eigenvalue weighted by molar-refractivity contribution is -0.117. The summed E-state index contributed by atoms with van der Waals surface area (Å²) in [6, 6.07) is 15.8. The maximum atomic E-state index is 12.9. The summed E-state index contributed by atoms with van der Waals surface area (Å²) in [6.07, 6.45) is 1.75. The van der Waals surface area contributed by atoms with Gasteiger partial charge in [-0.2, -0.15) is 5.10 Å². The van der Waals surface area contributed by atoms with Crippen molar-refractivity contribution in [3.8, 4) is 17.1 Å². The smallest absolute Gasteiger partial charge is 0.162 e. The summed E-state index contributed by atoms with van der Waals surface area (Å²) >= 11 is 0. The number of anilines is 1. The predicted octanol–water partition coefficient (Wildman–Crippen LogP) is 3.62. The Morgan fingerprint density at radius 1 is 0.857 bits per heavy atom. The van der Waals surface area contributed by atoms with Crippen LogP contribution in [0.3, 0.4) is 0 Å². The number of fused-ring (bicyclic) bond motifs is 1. The first kappa shape index (κ1) is 28.3. The molecule has 0 aliphatic carbocycles. The van der Waals surface area contributed by atoms with Crippen molar-refractivity contribution in [3.63, 3.8) is 0 Å². The quantitative estimate of drug-likeness (QED) is 0.271. The first-order valence-corrected chi connectivity index (χ1v) is 14.8. The third-order valence-corrected chi connectivity index (χ3v) is 7.80. The normalized spacial score (nSPS) is 16.2. The van der Waals surface area contributed by atoms with Crippen LogP contribution in [0, 0.1) is 6.92 Å². The number of ether oxygens (including phenoxy) is 3. The van der Waals surface area contributed by atoms with Crippen molar-refractivity contribution in [1.29, 1.82) is 0 Å². The SMILES string of the molecule is Cc1[nH]nc2c(N3CCOCC3)nc(-c3ccc(CC(=O)Cc4ccc(OCCCN5CCOCC5)cc4)cc3)nc12. The van der Waals surface area contributed by atoms with Gasteiger partial charge in [-0.3, -0.25) is 14.8 Å². The van der Waals surface area contributed by atoms with Crippen molar-refractivity contribution in [3.05, 3.63) is 65.4 Å². The molecule has 1 N–H and O–H groups in total. The summed E-state index contributed by atoms with van der Waals surface area (Å²) < 4.78 is 16.8. The molecule has 4 aromatic rings. The number of aromatic nitrogens is 4. The average Bonchev–Trinajstić information content (AvgIpc) is 3.41. The fraction of sp³-hybridized carbons (Fsp3) is 0.438. The van der Waals surface area contributed by atoms with Gasteiger partial charge in [-0.05, 0) is 36.6 Å². The summed E-state index contributed by atoms with van der Waals surface area (Å²) in [4.78, 5) is 27.2. The zero-order chi connectivity index (χ0) is 28.7. The van der Waals surface area contributed by atoms with Crippen molar-refractivity contribution < 1.29 is 19.0 Å². The topological polar surface area (TPSA) is 106 Å². The second kappa shape index (κ2) is 13.4. The zero-order valence-electron chi connectivity index (χ0n) is 24.2. The molecule has 2 aliphatic rings. The first-order valence-electron chi connectivity index (χ1n) is 14.8. The Bertz CT molecular complexity index is 1480. The molecule has 10 nitrogen and oxygen atoms in total. The highest BCUT2D eigenvalue weighted by Gasteiger charge is 2.21. The van der Waals surface area contributed by atoms with Crippen LogP contribution in [0.1, 0.15) is 23.2 Å². The lowest BCUT2D eigenvalue weighted by atomic mass is 10.0. The highest BCUT2D eigenvalue weighted by molar-refractivity contribution is 5.89. The van der Waals surface area contributed by atoms with Crippen molar-refractivity contribution in [2.24, 2.45) is 0 Å². The molecule has 2 aliphatic heterocycles. The van der Waals surface area contributed by atoms with E-state index in [1.165, 1.54) is 0 Å². The van der Waals surface area contributed by atoms with E-state index in [0.29, 0.717) is 38.5 Å². The Hall–Kier alpha value is -3.86. The highest BCUT2D eigenvalue weighted by Crippen LogP contribution is 2.28. The predicted molar refractivity (Wildman–Crippen MR) is 161 cm³/mol. The van der Waals surface area contributed by atoms with Crippen molar-refractivity contribution in [2.75, 3.05) is 70.7 Å². The molecule has 6 rings (SSSR count). The van der Waals surface area contributed by atoms with Crippen molar-refractivity contribution in [1.82, 2.24) is 25.1 Å². The van der Waals surface area contributed by atoms with Crippen molar-refractivity contribution in [2.45, 2.75) is 26.2 Å². The highest BCUT2D eigenvalue weighted by atomic mass is 16.5. The third kappa shape index (κ3) is 6.95. The molecule has 0 spiro atoms. The van der Waals surface area contributed by atoms with Gasteiger partial charge >= 0.3 is 0 Å². The number of carbonyl (C=O) groups excluding carboxylic acids is 1. The molecular weight excluding hydrogens is 532 g/mol. The number of carbonyl (C=O) groups is 1. The minimum absolute atomic E-state index is 0.170. The zero-order valence-corrected chi connectivity index (χ0v) is 24.2. The Morgan fingerprint density at radius 2 is 1.50 bits per heavy atom. The van der Waals surface area contributed by atoms with E-state index < -0.39 is 0 Å².